The Hall–Kier alpha value is -0.770. The van der Waals surface area contributed by atoms with Crippen LogP contribution in [0.4, 0.5) is 0 Å². The molecule has 3 nitrogen and oxygen atoms in total. The minimum Gasteiger partial charge on any atom is -0.469 e. The van der Waals surface area contributed by atoms with E-state index in [1.54, 1.807) is 6.26 Å². The molecule has 1 amide bonds. The zero-order valence-corrected chi connectivity index (χ0v) is 11.1. The highest BCUT2D eigenvalue weighted by molar-refractivity contribution is 9.10. The van der Waals surface area contributed by atoms with Crippen molar-refractivity contribution < 1.29 is 9.21 Å². The second kappa shape index (κ2) is 4.24. The van der Waals surface area contributed by atoms with E-state index in [2.05, 4.69) is 21.2 Å². The standard InChI is InChI=1S/C12H16BrNO2/c1-12(2,13)11(15)14-9-4-3-5-10-8(9)6-7-16-10/h6-7,9H,3-5H2,1-2H3,(H,14,15). The molecule has 0 bridgehead atoms. The number of halogens is 1. The Morgan fingerprint density at radius 1 is 1.62 bits per heavy atom. The first kappa shape index (κ1) is 11.7. The van der Waals surface area contributed by atoms with Crippen molar-refractivity contribution in [2.75, 3.05) is 0 Å². The molecule has 1 aromatic rings. The molecule has 0 spiro atoms. The maximum atomic E-state index is 11.9. The van der Waals surface area contributed by atoms with E-state index in [-0.39, 0.29) is 11.9 Å². The second-order valence-corrected chi connectivity index (χ2v) is 6.67. The summed E-state index contributed by atoms with van der Waals surface area (Å²) in [5, 5.41) is 3.06. The number of rotatable bonds is 2. The van der Waals surface area contributed by atoms with Crippen molar-refractivity contribution in [3.8, 4) is 0 Å². The first-order chi connectivity index (χ1) is 7.48. The summed E-state index contributed by atoms with van der Waals surface area (Å²) in [4.78, 5) is 11.9. The Kier molecular flexibility index (Phi) is 3.10. The lowest BCUT2D eigenvalue weighted by Crippen LogP contribution is -2.40. The van der Waals surface area contributed by atoms with Gasteiger partial charge in [-0.2, -0.15) is 0 Å². The average molecular weight is 286 g/mol. The Balaban J connectivity index is 2.11. The fraction of sp³-hybridized carbons (Fsp3) is 0.583. The van der Waals surface area contributed by atoms with E-state index in [4.69, 9.17) is 4.42 Å². The van der Waals surface area contributed by atoms with Gasteiger partial charge < -0.3 is 9.73 Å². The van der Waals surface area contributed by atoms with E-state index >= 15 is 0 Å². The highest BCUT2D eigenvalue weighted by Gasteiger charge is 2.29. The molecule has 2 rings (SSSR count). The van der Waals surface area contributed by atoms with E-state index < -0.39 is 4.32 Å². The molecule has 1 aliphatic rings. The minimum absolute atomic E-state index is 0.0200. The molecule has 1 N–H and O–H groups in total. The van der Waals surface area contributed by atoms with Gasteiger partial charge in [0.15, 0.2) is 0 Å². The van der Waals surface area contributed by atoms with Crippen LogP contribution in [0.1, 0.15) is 44.1 Å². The summed E-state index contributed by atoms with van der Waals surface area (Å²) in [6.07, 6.45) is 4.73. The lowest BCUT2D eigenvalue weighted by atomic mass is 9.93. The van der Waals surface area contributed by atoms with Gasteiger partial charge in [-0.05, 0) is 32.8 Å². The number of carbonyl (C=O) groups excluding carboxylic acids is 1. The van der Waals surface area contributed by atoms with Gasteiger partial charge in [0.05, 0.1) is 16.6 Å². The Morgan fingerprint density at radius 3 is 3.06 bits per heavy atom. The average Bonchev–Trinajstić information content (AvgIpc) is 2.65. The number of alkyl halides is 1. The van der Waals surface area contributed by atoms with E-state index in [9.17, 15) is 4.79 Å². The van der Waals surface area contributed by atoms with Gasteiger partial charge in [0.25, 0.3) is 0 Å². The summed E-state index contributed by atoms with van der Waals surface area (Å²) >= 11 is 3.37. The molecule has 88 valence electrons. The molecule has 1 unspecified atom stereocenters. The lowest BCUT2D eigenvalue weighted by Gasteiger charge is -2.26. The van der Waals surface area contributed by atoms with Crippen LogP contribution in [0.15, 0.2) is 16.7 Å². The van der Waals surface area contributed by atoms with Crippen LogP contribution in [-0.4, -0.2) is 10.2 Å². The Bertz CT molecular complexity index is 392. The summed E-state index contributed by atoms with van der Waals surface area (Å²) in [6.45, 7) is 3.70. The number of hydrogen-bond donors (Lipinski definition) is 1. The molecule has 1 heterocycles. The number of amides is 1. The predicted molar refractivity (Wildman–Crippen MR) is 65.5 cm³/mol. The van der Waals surface area contributed by atoms with Crippen LogP contribution in [-0.2, 0) is 11.2 Å². The van der Waals surface area contributed by atoms with Crippen molar-refractivity contribution in [3.63, 3.8) is 0 Å². The van der Waals surface area contributed by atoms with E-state index in [1.807, 2.05) is 19.9 Å². The van der Waals surface area contributed by atoms with E-state index in [0.29, 0.717) is 0 Å². The highest BCUT2D eigenvalue weighted by Crippen LogP contribution is 2.31. The summed E-state index contributed by atoms with van der Waals surface area (Å²) in [5.74, 6) is 1.04. The zero-order valence-electron chi connectivity index (χ0n) is 9.55. The van der Waals surface area contributed by atoms with Crippen LogP contribution < -0.4 is 5.32 Å². The molecular formula is C12H16BrNO2. The molecule has 4 heteroatoms. The fourth-order valence-corrected chi connectivity index (χ4v) is 2.08. The molecule has 0 saturated heterocycles. The van der Waals surface area contributed by atoms with E-state index in [1.165, 1.54) is 0 Å². The maximum Gasteiger partial charge on any atom is 0.236 e. The molecule has 0 aromatic carbocycles. The van der Waals surface area contributed by atoms with Crippen molar-refractivity contribution >= 4 is 21.8 Å². The second-order valence-electron chi connectivity index (χ2n) is 4.69. The minimum atomic E-state index is -0.519. The van der Waals surface area contributed by atoms with E-state index in [0.717, 1.165) is 30.6 Å². The molecule has 0 aliphatic heterocycles. The largest absolute Gasteiger partial charge is 0.469 e. The molecule has 16 heavy (non-hydrogen) atoms. The number of aryl methyl sites for hydroxylation is 1. The van der Waals surface area contributed by atoms with Gasteiger partial charge in [-0.15, -0.1) is 0 Å². The number of nitrogens with one attached hydrogen (secondary N) is 1. The van der Waals surface area contributed by atoms with Gasteiger partial charge in [-0.1, -0.05) is 15.9 Å². The van der Waals surface area contributed by atoms with Crippen LogP contribution in [0.2, 0.25) is 0 Å². The summed E-state index contributed by atoms with van der Waals surface area (Å²) in [5.41, 5.74) is 1.14. The third kappa shape index (κ3) is 2.32. The van der Waals surface area contributed by atoms with Crippen molar-refractivity contribution in [2.45, 2.75) is 43.5 Å². The number of furan rings is 1. The van der Waals surface area contributed by atoms with Crippen LogP contribution in [0.5, 0.6) is 0 Å². The first-order valence-electron chi connectivity index (χ1n) is 5.54. The topological polar surface area (TPSA) is 42.2 Å². The summed E-state index contributed by atoms with van der Waals surface area (Å²) in [7, 11) is 0. The molecule has 1 atom stereocenters. The van der Waals surface area contributed by atoms with Gasteiger partial charge >= 0.3 is 0 Å². The smallest absolute Gasteiger partial charge is 0.236 e. The van der Waals surface area contributed by atoms with Crippen molar-refractivity contribution in [2.24, 2.45) is 0 Å². The third-order valence-corrected chi connectivity index (χ3v) is 3.26. The third-order valence-electron chi connectivity index (χ3n) is 2.90. The number of hydrogen-bond acceptors (Lipinski definition) is 2. The maximum absolute atomic E-state index is 11.9. The van der Waals surface area contributed by atoms with Crippen LogP contribution in [0, 0.1) is 0 Å². The lowest BCUT2D eigenvalue weighted by molar-refractivity contribution is -0.123. The number of carbonyl (C=O) groups is 1. The molecule has 0 fully saturated rings. The quantitative estimate of drug-likeness (QED) is 0.849. The molecular weight excluding hydrogens is 270 g/mol. The van der Waals surface area contributed by atoms with Gasteiger partial charge in [0.2, 0.25) is 5.91 Å². The van der Waals surface area contributed by atoms with Crippen molar-refractivity contribution in [3.05, 3.63) is 23.7 Å². The van der Waals surface area contributed by atoms with Gasteiger partial charge in [-0.25, -0.2) is 0 Å². The van der Waals surface area contributed by atoms with Gasteiger partial charge in [0, 0.05) is 12.0 Å². The molecule has 1 aromatic heterocycles. The van der Waals surface area contributed by atoms with Gasteiger partial charge in [-0.3, -0.25) is 4.79 Å². The normalized spacial score (nSPS) is 20.3. The van der Waals surface area contributed by atoms with Crippen LogP contribution in [0.25, 0.3) is 0 Å². The van der Waals surface area contributed by atoms with Crippen LogP contribution in [0.3, 0.4) is 0 Å². The van der Waals surface area contributed by atoms with Crippen molar-refractivity contribution in [1.82, 2.24) is 5.32 Å². The summed E-state index contributed by atoms with van der Waals surface area (Å²) in [6, 6.07) is 2.06. The fourth-order valence-electron chi connectivity index (χ4n) is 1.97. The first-order valence-corrected chi connectivity index (χ1v) is 6.34. The Morgan fingerprint density at radius 2 is 2.38 bits per heavy atom. The summed E-state index contributed by atoms with van der Waals surface area (Å²) < 4.78 is 4.87. The monoisotopic (exact) mass is 285 g/mol. The SMILES string of the molecule is CC(C)(Br)C(=O)NC1CCCc2occc21. The predicted octanol–water partition coefficient (Wildman–Crippen LogP) is 2.95. The van der Waals surface area contributed by atoms with Gasteiger partial charge in [0.1, 0.15) is 5.76 Å². The number of fused-ring (bicyclic) bond motifs is 1. The molecule has 0 saturated carbocycles. The molecule has 0 radical (unpaired) electrons. The molecule has 1 aliphatic carbocycles. The zero-order chi connectivity index (χ0) is 11.8. The Labute approximate surface area is 104 Å². The van der Waals surface area contributed by atoms with Crippen molar-refractivity contribution in [1.29, 1.82) is 0 Å². The van der Waals surface area contributed by atoms with Crippen LogP contribution >= 0.6 is 15.9 Å². The highest BCUT2D eigenvalue weighted by atomic mass is 79.9.